The van der Waals surface area contributed by atoms with Crippen LogP contribution in [0.15, 0.2) is 78.9 Å². The molecule has 4 amide bonds. The Labute approximate surface area is 330 Å². The molecule has 0 bridgehead atoms. The predicted molar refractivity (Wildman–Crippen MR) is 214 cm³/mol. The number of piperidine rings is 1. The van der Waals surface area contributed by atoms with Crippen molar-refractivity contribution in [2.75, 3.05) is 26.7 Å². The number of amides is 4. The van der Waals surface area contributed by atoms with E-state index in [1.165, 1.54) is 11.9 Å². The number of hydrogen-bond donors (Lipinski definition) is 2. The minimum Gasteiger partial charge on any atom is -0.462 e. The lowest BCUT2D eigenvalue weighted by molar-refractivity contribution is -0.153. The van der Waals surface area contributed by atoms with Gasteiger partial charge in [0, 0.05) is 32.5 Å². The second-order valence-electron chi connectivity index (χ2n) is 15.5. The van der Waals surface area contributed by atoms with Crippen LogP contribution in [0.4, 0.5) is 4.79 Å². The highest BCUT2D eigenvalue weighted by molar-refractivity contribution is 5.95. The number of fused-ring (bicyclic) bond motifs is 3. The summed E-state index contributed by atoms with van der Waals surface area (Å²) in [5.74, 6) is -2.15. The number of carbonyl (C=O) groups excluding carboxylic acids is 5. The number of likely N-dealkylation sites (N-methyl/N-ethyl adjacent to an activating group) is 1. The fraction of sp³-hybridized carbons (Fsp3) is 0.489. The monoisotopic (exact) mass is 764 g/mol. The average molecular weight is 765 g/mol. The molecule has 6 rings (SSSR count). The molecule has 0 radical (unpaired) electrons. The van der Waals surface area contributed by atoms with Crippen LogP contribution in [0.3, 0.4) is 0 Å². The maximum atomic E-state index is 14.5. The standard InChI is InChI=1S/C45H56N4O7/c1-31(43(52)49-26-16-7-17-27-49)46-42(51)40(28-32-18-8-6-9-19-32)48(2)44(53)39(29-41(50)56-33-20-10-4-3-5-11-21-33)47-45(54)55-30-38-36-24-14-12-22-34(36)35-23-13-15-25-37(35)38/h6,8-9,12-15,18-19,22-25,31,33,38-40H,3-5,7,10-11,16-17,20-21,26-30H2,1-2H3,(H,46,51)(H,47,54)/t31-,39-,40-/m0/s1. The first-order valence-corrected chi connectivity index (χ1v) is 20.4. The molecule has 0 aromatic heterocycles. The summed E-state index contributed by atoms with van der Waals surface area (Å²) in [5.41, 5.74) is 5.04. The minimum atomic E-state index is -1.38. The van der Waals surface area contributed by atoms with Crippen molar-refractivity contribution >= 4 is 29.8 Å². The van der Waals surface area contributed by atoms with Crippen molar-refractivity contribution in [3.05, 3.63) is 95.6 Å². The van der Waals surface area contributed by atoms with E-state index in [2.05, 4.69) is 10.6 Å². The smallest absolute Gasteiger partial charge is 0.407 e. The molecule has 0 unspecified atom stereocenters. The van der Waals surface area contributed by atoms with Gasteiger partial charge in [-0.05, 0) is 79.7 Å². The van der Waals surface area contributed by atoms with E-state index in [0.29, 0.717) is 13.1 Å². The lowest BCUT2D eigenvalue weighted by atomic mass is 9.98. The summed E-state index contributed by atoms with van der Waals surface area (Å²) >= 11 is 0. The molecule has 3 aliphatic rings. The number of rotatable bonds is 13. The molecule has 1 aliphatic heterocycles. The molecule has 3 aromatic rings. The number of ether oxygens (including phenoxy) is 2. The van der Waals surface area contributed by atoms with E-state index in [9.17, 15) is 24.0 Å². The minimum absolute atomic E-state index is 0.0190. The molecule has 1 saturated heterocycles. The third-order valence-corrected chi connectivity index (χ3v) is 11.4. The molecular weight excluding hydrogens is 709 g/mol. The number of hydrogen-bond acceptors (Lipinski definition) is 7. The number of nitrogens with one attached hydrogen (secondary N) is 2. The Hall–Kier alpha value is -5.19. The zero-order valence-electron chi connectivity index (χ0n) is 32.8. The van der Waals surface area contributed by atoms with E-state index in [-0.39, 0.29) is 31.0 Å². The van der Waals surface area contributed by atoms with Gasteiger partial charge in [-0.3, -0.25) is 19.2 Å². The number of benzene rings is 3. The fourth-order valence-corrected chi connectivity index (χ4v) is 8.32. The zero-order chi connectivity index (χ0) is 39.4. The summed E-state index contributed by atoms with van der Waals surface area (Å²) < 4.78 is 11.7. The lowest BCUT2D eigenvalue weighted by Gasteiger charge is -2.33. The Bertz CT molecular complexity index is 1770. The molecule has 1 saturated carbocycles. The van der Waals surface area contributed by atoms with Crippen LogP contribution in [0.25, 0.3) is 11.1 Å². The summed E-state index contributed by atoms with van der Waals surface area (Å²) in [4.78, 5) is 72.0. The van der Waals surface area contributed by atoms with Gasteiger partial charge in [-0.15, -0.1) is 0 Å². The largest absolute Gasteiger partial charge is 0.462 e. The normalized spacial score (nSPS) is 17.5. The van der Waals surface area contributed by atoms with E-state index >= 15 is 0 Å². The quantitative estimate of drug-likeness (QED) is 0.189. The predicted octanol–water partition coefficient (Wildman–Crippen LogP) is 6.53. The van der Waals surface area contributed by atoms with Crippen LogP contribution in [-0.2, 0) is 35.1 Å². The van der Waals surface area contributed by atoms with Gasteiger partial charge in [-0.1, -0.05) is 98.1 Å². The van der Waals surface area contributed by atoms with Gasteiger partial charge in [-0.25, -0.2) is 4.79 Å². The third kappa shape index (κ3) is 10.4. The van der Waals surface area contributed by atoms with Crippen LogP contribution in [0.5, 0.6) is 0 Å². The number of carbonyl (C=O) groups is 5. The topological polar surface area (TPSA) is 134 Å². The van der Waals surface area contributed by atoms with Gasteiger partial charge in [0.05, 0.1) is 6.42 Å². The maximum absolute atomic E-state index is 14.5. The van der Waals surface area contributed by atoms with Crippen molar-refractivity contribution in [2.24, 2.45) is 0 Å². The van der Waals surface area contributed by atoms with Crippen molar-refractivity contribution in [3.63, 3.8) is 0 Å². The first-order valence-electron chi connectivity index (χ1n) is 20.4. The SMILES string of the molecule is C[C@H](NC(=O)[C@H](Cc1ccccc1)N(C)C(=O)[C@H](CC(=O)OC1CCCCCCC1)NC(=O)OCC1c2ccccc2-c2ccccc21)C(=O)N1CCCCC1. The van der Waals surface area contributed by atoms with Crippen molar-refractivity contribution in [3.8, 4) is 11.1 Å². The summed E-state index contributed by atoms with van der Waals surface area (Å²) in [7, 11) is 1.49. The van der Waals surface area contributed by atoms with Gasteiger partial charge < -0.3 is 29.9 Å². The van der Waals surface area contributed by atoms with E-state index < -0.39 is 48.4 Å². The van der Waals surface area contributed by atoms with Gasteiger partial charge in [-0.2, -0.15) is 0 Å². The highest BCUT2D eigenvalue weighted by Gasteiger charge is 2.37. The molecule has 2 aliphatic carbocycles. The Kier molecular flexibility index (Phi) is 14.2. The highest BCUT2D eigenvalue weighted by atomic mass is 16.6. The van der Waals surface area contributed by atoms with Crippen molar-refractivity contribution < 1.29 is 33.4 Å². The molecule has 298 valence electrons. The molecular formula is C45H56N4O7. The van der Waals surface area contributed by atoms with Crippen LogP contribution in [0, 0.1) is 0 Å². The molecule has 2 fully saturated rings. The molecule has 3 atom stereocenters. The first kappa shape index (κ1) is 40.5. The van der Waals surface area contributed by atoms with Crippen molar-refractivity contribution in [2.45, 2.75) is 114 Å². The van der Waals surface area contributed by atoms with Crippen LogP contribution in [-0.4, -0.2) is 90.6 Å². The highest BCUT2D eigenvalue weighted by Crippen LogP contribution is 2.44. The third-order valence-electron chi connectivity index (χ3n) is 11.4. The Morgan fingerprint density at radius 3 is 1.96 bits per heavy atom. The summed E-state index contributed by atoms with van der Waals surface area (Å²) in [6.45, 7) is 2.96. The van der Waals surface area contributed by atoms with Gasteiger partial charge in [0.2, 0.25) is 17.7 Å². The maximum Gasteiger partial charge on any atom is 0.407 e. The molecule has 2 N–H and O–H groups in total. The fourth-order valence-electron chi connectivity index (χ4n) is 8.32. The van der Waals surface area contributed by atoms with Crippen LogP contribution in [0.2, 0.25) is 0 Å². The van der Waals surface area contributed by atoms with E-state index in [4.69, 9.17) is 9.47 Å². The Morgan fingerprint density at radius 1 is 0.750 bits per heavy atom. The van der Waals surface area contributed by atoms with Crippen LogP contribution >= 0.6 is 0 Å². The van der Waals surface area contributed by atoms with Crippen molar-refractivity contribution in [1.82, 2.24) is 20.4 Å². The first-order chi connectivity index (χ1) is 27.2. The van der Waals surface area contributed by atoms with E-state index in [1.807, 2.05) is 78.9 Å². The Morgan fingerprint density at radius 2 is 1.32 bits per heavy atom. The van der Waals surface area contributed by atoms with Crippen molar-refractivity contribution in [1.29, 1.82) is 0 Å². The molecule has 11 nitrogen and oxygen atoms in total. The van der Waals surface area contributed by atoms with Gasteiger partial charge in [0.25, 0.3) is 0 Å². The van der Waals surface area contributed by atoms with E-state index in [1.54, 1.807) is 11.8 Å². The van der Waals surface area contributed by atoms with Crippen LogP contribution in [0.1, 0.15) is 100 Å². The van der Waals surface area contributed by atoms with Gasteiger partial charge >= 0.3 is 12.1 Å². The second-order valence-corrected chi connectivity index (χ2v) is 15.5. The Balaban J connectivity index is 1.19. The molecule has 1 heterocycles. The summed E-state index contributed by atoms with van der Waals surface area (Å²) in [6, 6.07) is 22.0. The molecule has 56 heavy (non-hydrogen) atoms. The number of likely N-dealkylation sites (tertiary alicyclic amines) is 1. The van der Waals surface area contributed by atoms with E-state index in [0.717, 1.165) is 92.0 Å². The summed E-state index contributed by atoms with van der Waals surface area (Å²) in [6.07, 6.45) is 8.21. The van der Waals surface area contributed by atoms with Gasteiger partial charge in [0.1, 0.15) is 30.8 Å². The average Bonchev–Trinajstić information content (AvgIpc) is 3.53. The number of nitrogens with zero attached hydrogens (tertiary/aromatic N) is 2. The molecule has 11 heteroatoms. The molecule has 0 spiro atoms. The molecule has 3 aromatic carbocycles. The lowest BCUT2D eigenvalue weighted by Crippen LogP contribution is -2.58. The number of alkyl carbamates (subject to hydrolysis) is 1. The summed E-state index contributed by atoms with van der Waals surface area (Å²) in [5, 5.41) is 5.53. The number of esters is 1. The van der Waals surface area contributed by atoms with Gasteiger partial charge in [0.15, 0.2) is 0 Å². The second kappa shape index (κ2) is 19.6. The van der Waals surface area contributed by atoms with Crippen LogP contribution < -0.4 is 10.6 Å². The zero-order valence-corrected chi connectivity index (χ0v) is 32.8.